The molecular formula is C8H7ClF3NO2. The molecule has 0 bridgehead atoms. The molecule has 0 saturated heterocycles. The number of hydrogen-bond donors (Lipinski definition) is 1. The summed E-state index contributed by atoms with van der Waals surface area (Å²) in [6, 6.07) is 1.00. The van der Waals surface area contributed by atoms with Crippen LogP contribution in [0.4, 0.5) is 13.2 Å². The maximum Gasteiger partial charge on any atom is 0.418 e. The number of halogens is 4. The Morgan fingerprint density at radius 3 is 2.60 bits per heavy atom. The molecule has 84 valence electrons. The third-order valence-electron chi connectivity index (χ3n) is 1.70. The summed E-state index contributed by atoms with van der Waals surface area (Å²) in [5, 5.41) is 8.78. The van der Waals surface area contributed by atoms with Gasteiger partial charge in [-0.15, -0.1) is 0 Å². The van der Waals surface area contributed by atoms with E-state index >= 15 is 0 Å². The number of methoxy groups -OCH3 is 1. The molecule has 0 saturated carbocycles. The third kappa shape index (κ3) is 2.51. The van der Waals surface area contributed by atoms with E-state index in [9.17, 15) is 13.2 Å². The van der Waals surface area contributed by atoms with Gasteiger partial charge in [0.2, 0.25) is 0 Å². The van der Waals surface area contributed by atoms with Crippen LogP contribution in [0.1, 0.15) is 11.7 Å². The Labute approximate surface area is 88.5 Å². The van der Waals surface area contributed by atoms with Gasteiger partial charge in [-0.2, -0.15) is 13.2 Å². The van der Waals surface area contributed by atoms with Crippen molar-refractivity contribution in [3.05, 3.63) is 23.0 Å². The largest absolute Gasteiger partial charge is 0.493 e. The predicted molar refractivity (Wildman–Crippen MR) is 46.8 cm³/mol. The molecule has 15 heavy (non-hydrogen) atoms. The van der Waals surface area contributed by atoms with Gasteiger partial charge < -0.3 is 9.84 Å². The van der Waals surface area contributed by atoms with Crippen molar-refractivity contribution in [1.82, 2.24) is 4.98 Å². The predicted octanol–water partition coefficient (Wildman–Crippen LogP) is 2.34. The average Bonchev–Trinajstić information content (AvgIpc) is 2.14. The minimum Gasteiger partial charge on any atom is -0.493 e. The molecule has 7 heteroatoms. The lowest BCUT2D eigenvalue weighted by Crippen LogP contribution is -2.21. The van der Waals surface area contributed by atoms with E-state index in [1.165, 1.54) is 0 Å². The Hall–Kier alpha value is -1.01. The van der Waals surface area contributed by atoms with Gasteiger partial charge in [0.15, 0.2) is 17.0 Å². The van der Waals surface area contributed by atoms with Crippen LogP contribution in [0.5, 0.6) is 5.75 Å². The van der Waals surface area contributed by atoms with Gasteiger partial charge in [-0.3, -0.25) is 0 Å². The molecule has 0 aliphatic rings. The summed E-state index contributed by atoms with van der Waals surface area (Å²) in [6.45, 7) is 0. The minimum absolute atomic E-state index is 0.224. The highest BCUT2D eigenvalue weighted by Crippen LogP contribution is 2.39. The number of hydrogen-bond acceptors (Lipinski definition) is 3. The standard InChI is InChI=1S/C8H7ClF3NO2/c1-15-5-4(2-3-13-7(5)9)6(14)8(10,11)12/h2-3,6,14H,1H3. The van der Waals surface area contributed by atoms with E-state index < -0.39 is 17.8 Å². The van der Waals surface area contributed by atoms with Crippen LogP contribution in [0.2, 0.25) is 5.15 Å². The SMILES string of the molecule is COc1c(C(O)C(F)(F)F)ccnc1Cl. The van der Waals surface area contributed by atoms with E-state index in [4.69, 9.17) is 16.7 Å². The quantitative estimate of drug-likeness (QED) is 0.808. The molecule has 1 aromatic heterocycles. The fraction of sp³-hybridized carbons (Fsp3) is 0.375. The molecule has 0 aliphatic carbocycles. The Balaban J connectivity index is 3.20. The number of rotatable bonds is 2. The Morgan fingerprint density at radius 2 is 2.13 bits per heavy atom. The highest BCUT2D eigenvalue weighted by atomic mass is 35.5. The lowest BCUT2D eigenvalue weighted by atomic mass is 10.1. The lowest BCUT2D eigenvalue weighted by Gasteiger charge is -2.17. The second-order valence-corrected chi connectivity index (χ2v) is 3.03. The smallest absolute Gasteiger partial charge is 0.418 e. The normalized spacial score (nSPS) is 13.7. The second-order valence-electron chi connectivity index (χ2n) is 2.67. The van der Waals surface area contributed by atoms with Crippen molar-refractivity contribution >= 4 is 11.6 Å². The molecule has 0 fully saturated rings. The molecule has 0 spiro atoms. The molecule has 1 N–H and O–H groups in total. The number of ether oxygens (including phenoxy) is 1. The first kappa shape index (κ1) is 12.1. The van der Waals surface area contributed by atoms with E-state index in [0.29, 0.717) is 0 Å². The molecule has 1 unspecified atom stereocenters. The molecule has 1 rings (SSSR count). The van der Waals surface area contributed by atoms with Gasteiger partial charge in [-0.1, -0.05) is 11.6 Å². The fourth-order valence-corrected chi connectivity index (χ4v) is 1.27. The number of alkyl halides is 3. The van der Waals surface area contributed by atoms with Crippen molar-refractivity contribution in [3.8, 4) is 5.75 Å². The first-order chi connectivity index (χ1) is 6.88. The summed E-state index contributed by atoms with van der Waals surface area (Å²) in [5.74, 6) is -0.274. The van der Waals surface area contributed by atoms with Crippen LogP contribution in [0, 0.1) is 0 Å². The Bertz CT molecular complexity index is 356. The Morgan fingerprint density at radius 1 is 1.53 bits per heavy atom. The van der Waals surface area contributed by atoms with Gasteiger partial charge >= 0.3 is 6.18 Å². The number of nitrogens with zero attached hydrogens (tertiary/aromatic N) is 1. The summed E-state index contributed by atoms with van der Waals surface area (Å²) >= 11 is 5.51. The summed E-state index contributed by atoms with van der Waals surface area (Å²) in [5.41, 5.74) is -0.454. The van der Waals surface area contributed by atoms with Crippen LogP contribution in [0.25, 0.3) is 0 Å². The number of aliphatic hydroxyl groups is 1. The monoisotopic (exact) mass is 241 g/mol. The van der Waals surface area contributed by atoms with Gasteiger partial charge in [-0.25, -0.2) is 4.98 Å². The molecule has 0 aliphatic heterocycles. The summed E-state index contributed by atoms with van der Waals surface area (Å²) in [7, 11) is 1.15. The van der Waals surface area contributed by atoms with Crippen molar-refractivity contribution in [3.63, 3.8) is 0 Å². The van der Waals surface area contributed by atoms with Gasteiger partial charge in [0, 0.05) is 11.8 Å². The van der Waals surface area contributed by atoms with Crippen molar-refractivity contribution < 1.29 is 23.0 Å². The maximum absolute atomic E-state index is 12.2. The van der Waals surface area contributed by atoms with E-state index in [0.717, 1.165) is 19.4 Å². The molecule has 0 amide bonds. The topological polar surface area (TPSA) is 42.4 Å². The van der Waals surface area contributed by atoms with Crippen molar-refractivity contribution in [1.29, 1.82) is 0 Å². The van der Waals surface area contributed by atoms with E-state index in [-0.39, 0.29) is 10.9 Å². The van der Waals surface area contributed by atoms with Crippen LogP contribution in [0.3, 0.4) is 0 Å². The van der Waals surface area contributed by atoms with Crippen molar-refractivity contribution in [2.75, 3.05) is 7.11 Å². The van der Waals surface area contributed by atoms with Gasteiger partial charge in [0.25, 0.3) is 0 Å². The van der Waals surface area contributed by atoms with E-state index in [1.54, 1.807) is 0 Å². The highest BCUT2D eigenvalue weighted by Gasteiger charge is 2.41. The molecule has 3 nitrogen and oxygen atoms in total. The zero-order chi connectivity index (χ0) is 11.6. The van der Waals surface area contributed by atoms with Crippen LogP contribution < -0.4 is 4.74 Å². The van der Waals surface area contributed by atoms with Gasteiger partial charge in [0.05, 0.1) is 7.11 Å². The average molecular weight is 242 g/mol. The number of aliphatic hydroxyl groups excluding tert-OH is 1. The van der Waals surface area contributed by atoms with Crippen LogP contribution in [0.15, 0.2) is 12.3 Å². The lowest BCUT2D eigenvalue weighted by molar-refractivity contribution is -0.207. The molecule has 0 aromatic carbocycles. The highest BCUT2D eigenvalue weighted by molar-refractivity contribution is 6.30. The third-order valence-corrected chi connectivity index (χ3v) is 1.97. The van der Waals surface area contributed by atoms with Crippen molar-refractivity contribution in [2.45, 2.75) is 12.3 Å². The summed E-state index contributed by atoms with van der Waals surface area (Å²) in [6.07, 6.45) is -6.33. The van der Waals surface area contributed by atoms with E-state index in [2.05, 4.69) is 9.72 Å². The fourth-order valence-electron chi connectivity index (χ4n) is 1.03. The first-order valence-electron chi connectivity index (χ1n) is 3.81. The molecule has 0 radical (unpaired) electrons. The second kappa shape index (κ2) is 4.24. The van der Waals surface area contributed by atoms with Crippen LogP contribution in [-0.2, 0) is 0 Å². The van der Waals surface area contributed by atoms with Gasteiger partial charge in [-0.05, 0) is 6.07 Å². The molecular weight excluding hydrogens is 235 g/mol. The summed E-state index contributed by atoms with van der Waals surface area (Å²) in [4.78, 5) is 3.54. The van der Waals surface area contributed by atoms with Crippen LogP contribution in [-0.4, -0.2) is 23.4 Å². The van der Waals surface area contributed by atoms with Crippen LogP contribution >= 0.6 is 11.6 Å². The number of aromatic nitrogens is 1. The van der Waals surface area contributed by atoms with Gasteiger partial charge in [0.1, 0.15) is 0 Å². The first-order valence-corrected chi connectivity index (χ1v) is 4.19. The molecule has 1 aromatic rings. The van der Waals surface area contributed by atoms with E-state index in [1.807, 2.05) is 0 Å². The molecule has 1 atom stereocenters. The minimum atomic E-state index is -4.77. The number of pyridine rings is 1. The summed E-state index contributed by atoms with van der Waals surface area (Å²) < 4.78 is 41.3. The Kier molecular flexibility index (Phi) is 3.41. The zero-order valence-corrected chi connectivity index (χ0v) is 8.30. The molecule has 1 heterocycles. The van der Waals surface area contributed by atoms with Crippen molar-refractivity contribution in [2.24, 2.45) is 0 Å². The zero-order valence-electron chi connectivity index (χ0n) is 7.55. The maximum atomic E-state index is 12.2.